The second-order valence-electron chi connectivity index (χ2n) is 4.59. The van der Waals surface area contributed by atoms with Crippen LogP contribution in [0.1, 0.15) is 18.9 Å². The molecule has 2 N–H and O–H groups in total. The predicted octanol–water partition coefficient (Wildman–Crippen LogP) is 3.68. The lowest BCUT2D eigenvalue weighted by atomic mass is 10.1. The van der Waals surface area contributed by atoms with Gasteiger partial charge in [-0.25, -0.2) is 0 Å². The van der Waals surface area contributed by atoms with Crippen molar-refractivity contribution >= 4 is 5.69 Å². The van der Waals surface area contributed by atoms with Crippen LogP contribution in [0.4, 0.5) is 5.69 Å². The highest BCUT2D eigenvalue weighted by molar-refractivity contribution is 5.46. The summed E-state index contributed by atoms with van der Waals surface area (Å²) in [5.74, 6) is 1.59. The summed E-state index contributed by atoms with van der Waals surface area (Å²) in [7, 11) is 0. The van der Waals surface area contributed by atoms with E-state index in [9.17, 15) is 0 Å². The average molecular weight is 271 g/mol. The topological polar surface area (TPSA) is 44.5 Å². The Morgan fingerprint density at radius 2 is 1.45 bits per heavy atom. The van der Waals surface area contributed by atoms with Gasteiger partial charge in [0.2, 0.25) is 0 Å². The van der Waals surface area contributed by atoms with Crippen LogP contribution < -0.4 is 15.2 Å². The van der Waals surface area contributed by atoms with Crippen molar-refractivity contribution in [2.75, 3.05) is 18.9 Å². The van der Waals surface area contributed by atoms with Crippen molar-refractivity contribution in [3.05, 3.63) is 54.1 Å². The fourth-order valence-electron chi connectivity index (χ4n) is 1.93. The first-order valence-electron chi connectivity index (χ1n) is 6.99. The zero-order valence-electron chi connectivity index (χ0n) is 11.8. The summed E-state index contributed by atoms with van der Waals surface area (Å²) < 4.78 is 11.5. The smallest absolute Gasteiger partial charge is 0.161 e. The van der Waals surface area contributed by atoms with Crippen molar-refractivity contribution in [2.45, 2.75) is 19.8 Å². The Balaban J connectivity index is 1.92. The zero-order chi connectivity index (χ0) is 14.2. The highest BCUT2D eigenvalue weighted by atomic mass is 16.5. The van der Waals surface area contributed by atoms with Gasteiger partial charge in [-0.05, 0) is 30.2 Å². The van der Waals surface area contributed by atoms with E-state index >= 15 is 0 Å². The normalized spacial score (nSPS) is 10.2. The molecule has 0 aliphatic heterocycles. The maximum Gasteiger partial charge on any atom is 0.161 e. The van der Waals surface area contributed by atoms with Crippen molar-refractivity contribution in [1.82, 2.24) is 0 Å². The molecular formula is C17H21NO2. The largest absolute Gasteiger partial charge is 0.490 e. The molecule has 2 aromatic rings. The van der Waals surface area contributed by atoms with Gasteiger partial charge in [0.15, 0.2) is 11.5 Å². The lowest BCUT2D eigenvalue weighted by molar-refractivity contribution is 0.270. The molecule has 3 heteroatoms. The predicted molar refractivity (Wildman–Crippen MR) is 82.3 cm³/mol. The number of ether oxygens (including phenoxy) is 2. The van der Waals surface area contributed by atoms with Gasteiger partial charge in [0.05, 0.1) is 13.2 Å². The van der Waals surface area contributed by atoms with E-state index in [4.69, 9.17) is 15.2 Å². The quantitative estimate of drug-likeness (QED) is 0.781. The molecule has 0 spiro atoms. The molecule has 0 heterocycles. The Morgan fingerprint density at radius 3 is 2.10 bits per heavy atom. The van der Waals surface area contributed by atoms with Crippen LogP contribution in [0.25, 0.3) is 0 Å². The molecule has 106 valence electrons. The SMILES string of the molecule is CCCOc1ccccc1OCCc1ccccc1N. The van der Waals surface area contributed by atoms with E-state index in [0.717, 1.165) is 35.6 Å². The third kappa shape index (κ3) is 3.92. The molecule has 0 aliphatic carbocycles. The molecule has 0 amide bonds. The van der Waals surface area contributed by atoms with Crippen LogP contribution in [-0.4, -0.2) is 13.2 Å². The number of hydrogen-bond acceptors (Lipinski definition) is 3. The van der Waals surface area contributed by atoms with Crippen molar-refractivity contribution in [3.8, 4) is 11.5 Å². The Bertz CT molecular complexity index is 540. The van der Waals surface area contributed by atoms with Crippen LogP contribution >= 0.6 is 0 Å². The monoisotopic (exact) mass is 271 g/mol. The third-order valence-corrected chi connectivity index (χ3v) is 2.99. The van der Waals surface area contributed by atoms with Crippen LogP contribution in [0, 0.1) is 0 Å². The molecule has 2 rings (SSSR count). The molecule has 0 aromatic heterocycles. The van der Waals surface area contributed by atoms with Crippen LogP contribution in [0.2, 0.25) is 0 Å². The number of nitrogens with two attached hydrogens (primary N) is 1. The van der Waals surface area contributed by atoms with Gasteiger partial charge in [0.1, 0.15) is 0 Å². The fourth-order valence-corrected chi connectivity index (χ4v) is 1.93. The van der Waals surface area contributed by atoms with E-state index in [0.29, 0.717) is 13.2 Å². The Morgan fingerprint density at radius 1 is 0.850 bits per heavy atom. The molecule has 0 saturated carbocycles. The lowest BCUT2D eigenvalue weighted by Gasteiger charge is -2.12. The highest BCUT2D eigenvalue weighted by Gasteiger charge is 2.04. The molecule has 0 aliphatic rings. The number of para-hydroxylation sites is 3. The van der Waals surface area contributed by atoms with Crippen molar-refractivity contribution in [1.29, 1.82) is 0 Å². The summed E-state index contributed by atoms with van der Waals surface area (Å²) in [4.78, 5) is 0. The first-order chi connectivity index (χ1) is 9.81. The second kappa shape index (κ2) is 7.43. The molecule has 0 radical (unpaired) electrons. The summed E-state index contributed by atoms with van der Waals surface area (Å²) in [6.45, 7) is 3.37. The van der Waals surface area contributed by atoms with E-state index in [1.807, 2.05) is 48.5 Å². The maximum absolute atomic E-state index is 5.92. The molecule has 0 bridgehead atoms. The van der Waals surface area contributed by atoms with Crippen molar-refractivity contribution in [3.63, 3.8) is 0 Å². The number of nitrogen functional groups attached to an aromatic ring is 1. The summed E-state index contributed by atoms with van der Waals surface area (Å²) in [5, 5.41) is 0. The molecule has 0 fully saturated rings. The van der Waals surface area contributed by atoms with E-state index in [2.05, 4.69) is 6.92 Å². The van der Waals surface area contributed by atoms with Crippen LogP contribution in [0.5, 0.6) is 11.5 Å². The first-order valence-corrected chi connectivity index (χ1v) is 6.99. The van der Waals surface area contributed by atoms with Crippen LogP contribution in [-0.2, 0) is 6.42 Å². The van der Waals surface area contributed by atoms with E-state index in [-0.39, 0.29) is 0 Å². The maximum atomic E-state index is 5.92. The van der Waals surface area contributed by atoms with Gasteiger partial charge in [-0.1, -0.05) is 37.3 Å². The fraction of sp³-hybridized carbons (Fsp3) is 0.294. The van der Waals surface area contributed by atoms with Crippen LogP contribution in [0.15, 0.2) is 48.5 Å². The standard InChI is InChI=1S/C17H21NO2/c1-2-12-19-16-9-5-6-10-17(16)20-13-11-14-7-3-4-8-15(14)18/h3-10H,2,11-13,18H2,1H3. The summed E-state index contributed by atoms with van der Waals surface area (Å²) in [6.07, 6.45) is 1.77. The van der Waals surface area contributed by atoms with E-state index in [1.54, 1.807) is 0 Å². The number of anilines is 1. The van der Waals surface area contributed by atoms with Gasteiger partial charge in [0.25, 0.3) is 0 Å². The summed E-state index contributed by atoms with van der Waals surface area (Å²) in [6, 6.07) is 15.6. The van der Waals surface area contributed by atoms with Crippen molar-refractivity contribution in [2.24, 2.45) is 0 Å². The summed E-state index contributed by atoms with van der Waals surface area (Å²) >= 11 is 0. The minimum atomic E-state index is 0.584. The zero-order valence-corrected chi connectivity index (χ0v) is 11.8. The van der Waals surface area contributed by atoms with E-state index < -0.39 is 0 Å². The summed E-state index contributed by atoms with van der Waals surface area (Å²) in [5.41, 5.74) is 7.84. The minimum Gasteiger partial charge on any atom is -0.490 e. The van der Waals surface area contributed by atoms with Gasteiger partial charge in [-0.2, -0.15) is 0 Å². The second-order valence-corrected chi connectivity index (χ2v) is 4.59. The van der Waals surface area contributed by atoms with Gasteiger partial charge in [-0.3, -0.25) is 0 Å². The Hall–Kier alpha value is -2.16. The molecular weight excluding hydrogens is 250 g/mol. The number of benzene rings is 2. The number of rotatable bonds is 7. The first kappa shape index (κ1) is 14.3. The molecule has 20 heavy (non-hydrogen) atoms. The third-order valence-electron chi connectivity index (χ3n) is 2.99. The average Bonchev–Trinajstić information content (AvgIpc) is 2.48. The number of hydrogen-bond donors (Lipinski definition) is 1. The Kier molecular flexibility index (Phi) is 5.30. The van der Waals surface area contributed by atoms with Gasteiger partial charge in [-0.15, -0.1) is 0 Å². The lowest BCUT2D eigenvalue weighted by Crippen LogP contribution is -2.05. The minimum absolute atomic E-state index is 0.584. The van der Waals surface area contributed by atoms with E-state index in [1.165, 1.54) is 0 Å². The van der Waals surface area contributed by atoms with Crippen LogP contribution in [0.3, 0.4) is 0 Å². The molecule has 0 saturated heterocycles. The molecule has 3 nitrogen and oxygen atoms in total. The van der Waals surface area contributed by atoms with Gasteiger partial charge >= 0.3 is 0 Å². The molecule has 2 aromatic carbocycles. The molecule has 0 atom stereocenters. The highest BCUT2D eigenvalue weighted by Crippen LogP contribution is 2.26. The van der Waals surface area contributed by atoms with Crippen molar-refractivity contribution < 1.29 is 9.47 Å². The van der Waals surface area contributed by atoms with Gasteiger partial charge < -0.3 is 15.2 Å². The Labute approximate surface area is 120 Å². The molecule has 0 unspecified atom stereocenters. The van der Waals surface area contributed by atoms with Gasteiger partial charge in [0, 0.05) is 12.1 Å².